The third kappa shape index (κ3) is 3.53. The van der Waals surface area contributed by atoms with Crippen molar-refractivity contribution in [3.05, 3.63) is 15.8 Å². The van der Waals surface area contributed by atoms with Gasteiger partial charge in [0, 0.05) is 25.7 Å². The Balaban J connectivity index is 1.97. The van der Waals surface area contributed by atoms with Gasteiger partial charge >= 0.3 is 5.69 Å². The lowest BCUT2D eigenvalue weighted by molar-refractivity contribution is -0.384. The summed E-state index contributed by atoms with van der Waals surface area (Å²) in [6.07, 6.45) is 5.16. The Morgan fingerprint density at radius 3 is 2.71 bits per heavy atom. The van der Waals surface area contributed by atoms with E-state index in [-0.39, 0.29) is 10.6 Å². The van der Waals surface area contributed by atoms with Gasteiger partial charge in [-0.05, 0) is 33.7 Å². The molecule has 0 saturated heterocycles. The van der Waals surface area contributed by atoms with Crippen molar-refractivity contribution >= 4 is 11.5 Å². The van der Waals surface area contributed by atoms with Crippen LogP contribution in [0.25, 0.3) is 0 Å². The molecule has 1 aromatic rings. The quantitative estimate of drug-likeness (QED) is 0.617. The Morgan fingerprint density at radius 2 is 2.14 bits per heavy atom. The first kappa shape index (κ1) is 15.8. The molecule has 0 radical (unpaired) electrons. The first-order chi connectivity index (χ1) is 10.0. The first-order valence-corrected chi connectivity index (χ1v) is 7.70. The van der Waals surface area contributed by atoms with E-state index in [1.165, 1.54) is 25.7 Å². The lowest BCUT2D eigenvalue weighted by Crippen LogP contribution is -2.33. The molecule has 1 heterocycles. The molecule has 1 N–H and O–H groups in total. The van der Waals surface area contributed by atoms with Gasteiger partial charge < -0.3 is 10.2 Å². The van der Waals surface area contributed by atoms with E-state index in [4.69, 9.17) is 0 Å². The number of aromatic nitrogens is 2. The Hall–Kier alpha value is -1.63. The smallest absolute Gasteiger partial charge is 0.333 e. The van der Waals surface area contributed by atoms with Crippen molar-refractivity contribution in [2.45, 2.75) is 52.1 Å². The maximum absolute atomic E-state index is 11.2. The number of rotatable bonds is 7. The molecule has 1 aliphatic carbocycles. The van der Waals surface area contributed by atoms with Crippen LogP contribution in [0, 0.1) is 17.0 Å². The molecule has 1 saturated carbocycles. The first-order valence-electron chi connectivity index (χ1n) is 7.70. The van der Waals surface area contributed by atoms with Crippen LogP contribution in [0.1, 0.15) is 38.3 Å². The van der Waals surface area contributed by atoms with Crippen LogP contribution in [0.3, 0.4) is 0 Å². The molecular weight excluding hydrogens is 270 g/mol. The van der Waals surface area contributed by atoms with E-state index < -0.39 is 0 Å². The Bertz CT molecular complexity index is 494. The van der Waals surface area contributed by atoms with Crippen LogP contribution in [-0.4, -0.2) is 45.8 Å². The summed E-state index contributed by atoms with van der Waals surface area (Å²) in [7, 11) is 2.13. The number of anilines is 1. The van der Waals surface area contributed by atoms with E-state index >= 15 is 0 Å². The standard InChI is InChI=1S/C14H25N5O2/c1-4-18-14(13(19(20)21)11(2)16-18)15-9-10-17(3)12-7-5-6-8-12/h12,15H,4-10H2,1-3H3. The Kier molecular flexibility index (Phi) is 5.17. The second-order valence-electron chi connectivity index (χ2n) is 5.70. The fourth-order valence-electron chi connectivity index (χ4n) is 3.07. The van der Waals surface area contributed by atoms with E-state index in [1.54, 1.807) is 11.6 Å². The van der Waals surface area contributed by atoms with E-state index in [2.05, 4.69) is 22.4 Å². The highest BCUT2D eigenvalue weighted by Gasteiger charge is 2.25. The highest BCUT2D eigenvalue weighted by Crippen LogP contribution is 2.28. The van der Waals surface area contributed by atoms with Gasteiger partial charge in [0.2, 0.25) is 5.82 Å². The van der Waals surface area contributed by atoms with E-state index in [0.717, 1.165) is 6.54 Å². The van der Waals surface area contributed by atoms with E-state index in [9.17, 15) is 10.1 Å². The van der Waals surface area contributed by atoms with E-state index in [0.29, 0.717) is 30.6 Å². The highest BCUT2D eigenvalue weighted by atomic mass is 16.6. The molecule has 2 rings (SSSR count). The lowest BCUT2D eigenvalue weighted by Gasteiger charge is -2.24. The van der Waals surface area contributed by atoms with Gasteiger partial charge in [-0.15, -0.1) is 0 Å². The molecule has 1 aliphatic rings. The summed E-state index contributed by atoms with van der Waals surface area (Å²) >= 11 is 0. The second kappa shape index (κ2) is 6.89. The molecule has 0 spiro atoms. The number of nitro groups is 1. The number of hydrogen-bond acceptors (Lipinski definition) is 5. The monoisotopic (exact) mass is 295 g/mol. The average Bonchev–Trinajstić information content (AvgIpc) is 3.06. The van der Waals surface area contributed by atoms with Crippen molar-refractivity contribution in [1.82, 2.24) is 14.7 Å². The third-order valence-corrected chi connectivity index (χ3v) is 4.28. The number of nitrogens with one attached hydrogen (secondary N) is 1. The van der Waals surface area contributed by atoms with Gasteiger partial charge in [0.1, 0.15) is 5.69 Å². The van der Waals surface area contributed by atoms with Crippen LogP contribution < -0.4 is 5.32 Å². The molecular formula is C14H25N5O2. The van der Waals surface area contributed by atoms with Gasteiger partial charge in [-0.1, -0.05) is 12.8 Å². The van der Waals surface area contributed by atoms with Gasteiger partial charge in [-0.3, -0.25) is 10.1 Å². The van der Waals surface area contributed by atoms with Crippen molar-refractivity contribution < 1.29 is 4.92 Å². The molecule has 7 heteroatoms. The third-order valence-electron chi connectivity index (χ3n) is 4.28. The molecule has 0 aromatic carbocycles. The predicted octanol–water partition coefficient (Wildman–Crippen LogP) is 2.41. The zero-order chi connectivity index (χ0) is 15.4. The molecule has 118 valence electrons. The van der Waals surface area contributed by atoms with Crippen LogP contribution in [0.15, 0.2) is 0 Å². The summed E-state index contributed by atoms with van der Waals surface area (Å²) in [5.41, 5.74) is 0.564. The minimum atomic E-state index is -0.350. The van der Waals surface area contributed by atoms with Gasteiger partial charge in [-0.25, -0.2) is 4.68 Å². The maximum Gasteiger partial charge on any atom is 0.333 e. The van der Waals surface area contributed by atoms with Crippen LogP contribution >= 0.6 is 0 Å². The van der Waals surface area contributed by atoms with Crippen molar-refractivity contribution in [2.75, 3.05) is 25.5 Å². The molecule has 0 atom stereocenters. The minimum absolute atomic E-state index is 0.0976. The average molecular weight is 295 g/mol. The molecule has 1 fully saturated rings. The van der Waals surface area contributed by atoms with Gasteiger partial charge in [0.15, 0.2) is 0 Å². The van der Waals surface area contributed by atoms with Crippen molar-refractivity contribution in [1.29, 1.82) is 0 Å². The molecule has 0 aliphatic heterocycles. The fraction of sp³-hybridized carbons (Fsp3) is 0.786. The normalized spacial score (nSPS) is 15.8. The number of likely N-dealkylation sites (N-methyl/N-ethyl adjacent to an activating group) is 1. The number of hydrogen-bond donors (Lipinski definition) is 1. The summed E-state index contributed by atoms with van der Waals surface area (Å²) in [6, 6.07) is 0.666. The SMILES string of the molecule is CCn1nc(C)c([N+](=O)[O-])c1NCCN(C)C1CCCC1. The number of aryl methyl sites for hydroxylation is 2. The molecule has 0 bridgehead atoms. The molecule has 0 unspecified atom stereocenters. The topological polar surface area (TPSA) is 76.2 Å². The van der Waals surface area contributed by atoms with Crippen molar-refractivity contribution in [3.8, 4) is 0 Å². The van der Waals surface area contributed by atoms with Crippen LogP contribution in [0.4, 0.5) is 11.5 Å². The summed E-state index contributed by atoms with van der Waals surface area (Å²) in [5, 5.41) is 18.6. The molecule has 21 heavy (non-hydrogen) atoms. The van der Waals surface area contributed by atoms with Gasteiger partial charge in [0.25, 0.3) is 0 Å². The molecule has 1 aromatic heterocycles. The minimum Gasteiger partial charge on any atom is -0.363 e. The highest BCUT2D eigenvalue weighted by molar-refractivity contribution is 5.59. The van der Waals surface area contributed by atoms with Crippen molar-refractivity contribution in [2.24, 2.45) is 0 Å². The summed E-state index contributed by atoms with van der Waals surface area (Å²) in [6.45, 7) is 5.82. The van der Waals surface area contributed by atoms with Gasteiger partial charge in [-0.2, -0.15) is 5.10 Å². The predicted molar refractivity (Wildman–Crippen MR) is 82.7 cm³/mol. The van der Waals surface area contributed by atoms with Crippen molar-refractivity contribution in [3.63, 3.8) is 0 Å². The lowest BCUT2D eigenvalue weighted by atomic mass is 10.2. The van der Waals surface area contributed by atoms with Crippen LogP contribution in [0.5, 0.6) is 0 Å². The summed E-state index contributed by atoms with van der Waals surface area (Å²) in [4.78, 5) is 13.2. The summed E-state index contributed by atoms with van der Waals surface area (Å²) in [5.74, 6) is 0.528. The molecule has 0 amide bonds. The van der Waals surface area contributed by atoms with Crippen LogP contribution in [-0.2, 0) is 6.54 Å². The zero-order valence-electron chi connectivity index (χ0n) is 13.1. The van der Waals surface area contributed by atoms with Gasteiger partial charge in [0.05, 0.1) is 4.92 Å². The largest absolute Gasteiger partial charge is 0.363 e. The summed E-state index contributed by atoms with van der Waals surface area (Å²) < 4.78 is 1.67. The Labute approximate surface area is 125 Å². The molecule has 7 nitrogen and oxygen atoms in total. The second-order valence-corrected chi connectivity index (χ2v) is 5.70. The zero-order valence-corrected chi connectivity index (χ0v) is 13.1. The Morgan fingerprint density at radius 1 is 1.48 bits per heavy atom. The number of nitrogens with zero attached hydrogens (tertiary/aromatic N) is 4. The van der Waals surface area contributed by atoms with E-state index in [1.807, 2.05) is 6.92 Å². The maximum atomic E-state index is 11.2. The fourth-order valence-corrected chi connectivity index (χ4v) is 3.07. The van der Waals surface area contributed by atoms with Crippen LogP contribution in [0.2, 0.25) is 0 Å².